The SMILES string of the molecule is CN(CC(N)=O)C(=O)c1ccncc1. The van der Waals surface area contributed by atoms with E-state index in [0.29, 0.717) is 5.56 Å². The van der Waals surface area contributed by atoms with Gasteiger partial charge in [0.15, 0.2) is 0 Å². The summed E-state index contributed by atoms with van der Waals surface area (Å²) in [5, 5.41) is 0. The summed E-state index contributed by atoms with van der Waals surface area (Å²) in [6, 6.07) is 3.17. The molecular formula is C9H11N3O2. The number of pyridine rings is 1. The molecule has 0 fully saturated rings. The van der Waals surface area contributed by atoms with Crippen molar-refractivity contribution in [2.75, 3.05) is 13.6 Å². The largest absolute Gasteiger partial charge is 0.368 e. The van der Waals surface area contributed by atoms with Gasteiger partial charge >= 0.3 is 0 Å². The molecule has 5 nitrogen and oxygen atoms in total. The summed E-state index contributed by atoms with van der Waals surface area (Å²) in [6.45, 7) is -0.0822. The predicted molar refractivity (Wildman–Crippen MR) is 50.4 cm³/mol. The average Bonchev–Trinajstić information content (AvgIpc) is 2.17. The van der Waals surface area contributed by atoms with Crippen LogP contribution in [-0.4, -0.2) is 35.3 Å². The Labute approximate surface area is 81.5 Å². The lowest BCUT2D eigenvalue weighted by atomic mass is 10.2. The van der Waals surface area contributed by atoms with Crippen molar-refractivity contribution in [3.8, 4) is 0 Å². The second-order valence-corrected chi connectivity index (χ2v) is 2.86. The summed E-state index contributed by atoms with van der Waals surface area (Å²) in [7, 11) is 1.52. The number of likely N-dealkylation sites (N-methyl/N-ethyl adjacent to an activating group) is 1. The van der Waals surface area contributed by atoms with Gasteiger partial charge in [-0.2, -0.15) is 0 Å². The van der Waals surface area contributed by atoms with Crippen LogP contribution < -0.4 is 5.73 Å². The fourth-order valence-electron chi connectivity index (χ4n) is 1.02. The number of nitrogens with zero attached hydrogens (tertiary/aromatic N) is 2. The third-order valence-electron chi connectivity index (χ3n) is 1.67. The van der Waals surface area contributed by atoms with E-state index in [1.807, 2.05) is 0 Å². The van der Waals surface area contributed by atoms with Gasteiger partial charge in [0.05, 0.1) is 6.54 Å². The van der Waals surface area contributed by atoms with Crippen molar-refractivity contribution in [1.29, 1.82) is 0 Å². The molecule has 74 valence electrons. The van der Waals surface area contributed by atoms with Gasteiger partial charge in [0.2, 0.25) is 5.91 Å². The number of rotatable bonds is 3. The summed E-state index contributed by atoms with van der Waals surface area (Å²) in [6.07, 6.45) is 3.04. The normalized spacial score (nSPS) is 9.50. The van der Waals surface area contributed by atoms with Crippen molar-refractivity contribution in [2.24, 2.45) is 5.73 Å². The van der Waals surface area contributed by atoms with Crippen LogP contribution in [0.15, 0.2) is 24.5 Å². The first-order chi connectivity index (χ1) is 6.61. The Hall–Kier alpha value is -1.91. The highest BCUT2D eigenvalue weighted by Gasteiger charge is 2.12. The van der Waals surface area contributed by atoms with Crippen LogP contribution in [0.2, 0.25) is 0 Å². The molecule has 0 aliphatic carbocycles. The Morgan fingerprint density at radius 1 is 1.43 bits per heavy atom. The van der Waals surface area contributed by atoms with E-state index in [1.54, 1.807) is 12.1 Å². The summed E-state index contributed by atoms with van der Waals surface area (Å²) in [4.78, 5) is 27.2. The van der Waals surface area contributed by atoms with Gasteiger partial charge in [0, 0.05) is 25.0 Å². The predicted octanol–water partition coefficient (Wildman–Crippen LogP) is -0.361. The van der Waals surface area contributed by atoms with Crippen molar-refractivity contribution >= 4 is 11.8 Å². The molecule has 2 N–H and O–H groups in total. The third kappa shape index (κ3) is 2.55. The topological polar surface area (TPSA) is 76.3 Å². The quantitative estimate of drug-likeness (QED) is 0.712. The Kier molecular flexibility index (Phi) is 3.17. The minimum Gasteiger partial charge on any atom is -0.368 e. The van der Waals surface area contributed by atoms with E-state index in [0.717, 1.165) is 0 Å². The first kappa shape index (κ1) is 10.2. The Balaban J connectivity index is 2.71. The molecule has 14 heavy (non-hydrogen) atoms. The van der Waals surface area contributed by atoms with Crippen LogP contribution in [0.1, 0.15) is 10.4 Å². The zero-order valence-electron chi connectivity index (χ0n) is 7.80. The fourth-order valence-corrected chi connectivity index (χ4v) is 1.02. The van der Waals surface area contributed by atoms with Crippen LogP contribution in [0.5, 0.6) is 0 Å². The molecule has 1 aromatic rings. The summed E-state index contributed by atoms with van der Waals surface area (Å²) in [5.41, 5.74) is 5.45. The molecule has 0 unspecified atom stereocenters. The second-order valence-electron chi connectivity index (χ2n) is 2.86. The maximum atomic E-state index is 11.6. The monoisotopic (exact) mass is 193 g/mol. The lowest BCUT2D eigenvalue weighted by molar-refractivity contribution is -0.118. The van der Waals surface area contributed by atoms with Crippen molar-refractivity contribution in [3.05, 3.63) is 30.1 Å². The zero-order valence-corrected chi connectivity index (χ0v) is 7.80. The van der Waals surface area contributed by atoms with E-state index >= 15 is 0 Å². The van der Waals surface area contributed by atoms with Crippen molar-refractivity contribution in [1.82, 2.24) is 9.88 Å². The highest BCUT2D eigenvalue weighted by Crippen LogP contribution is 2.00. The van der Waals surface area contributed by atoms with Gasteiger partial charge in [0.1, 0.15) is 0 Å². The van der Waals surface area contributed by atoms with Gasteiger partial charge in [-0.1, -0.05) is 0 Å². The van der Waals surface area contributed by atoms with E-state index in [9.17, 15) is 9.59 Å². The zero-order chi connectivity index (χ0) is 10.6. The molecule has 5 heteroatoms. The number of primary amides is 1. The number of carbonyl (C=O) groups excluding carboxylic acids is 2. The summed E-state index contributed by atoms with van der Waals surface area (Å²) >= 11 is 0. The minimum absolute atomic E-state index is 0.0822. The molecular weight excluding hydrogens is 182 g/mol. The number of hydrogen-bond acceptors (Lipinski definition) is 3. The highest BCUT2D eigenvalue weighted by atomic mass is 16.2. The first-order valence-electron chi connectivity index (χ1n) is 4.05. The maximum Gasteiger partial charge on any atom is 0.254 e. The Morgan fingerprint density at radius 2 is 2.00 bits per heavy atom. The van der Waals surface area contributed by atoms with E-state index < -0.39 is 5.91 Å². The third-order valence-corrected chi connectivity index (χ3v) is 1.67. The molecule has 0 radical (unpaired) electrons. The molecule has 2 amide bonds. The van der Waals surface area contributed by atoms with E-state index in [-0.39, 0.29) is 12.5 Å². The minimum atomic E-state index is -0.532. The van der Waals surface area contributed by atoms with Crippen molar-refractivity contribution in [3.63, 3.8) is 0 Å². The number of carbonyl (C=O) groups is 2. The van der Waals surface area contributed by atoms with E-state index in [1.165, 1.54) is 24.3 Å². The average molecular weight is 193 g/mol. The highest BCUT2D eigenvalue weighted by molar-refractivity contribution is 5.95. The molecule has 0 atom stereocenters. The molecule has 0 saturated heterocycles. The summed E-state index contributed by atoms with van der Waals surface area (Å²) < 4.78 is 0. The smallest absolute Gasteiger partial charge is 0.254 e. The van der Waals surface area contributed by atoms with E-state index in [4.69, 9.17) is 5.73 Å². The number of nitrogens with two attached hydrogens (primary N) is 1. The van der Waals surface area contributed by atoms with Gasteiger partial charge in [-0.05, 0) is 12.1 Å². The van der Waals surface area contributed by atoms with Crippen molar-refractivity contribution < 1.29 is 9.59 Å². The first-order valence-corrected chi connectivity index (χ1v) is 4.05. The number of amides is 2. The molecule has 0 spiro atoms. The van der Waals surface area contributed by atoms with Crippen LogP contribution in [0.25, 0.3) is 0 Å². The van der Waals surface area contributed by atoms with Crippen LogP contribution in [-0.2, 0) is 4.79 Å². The van der Waals surface area contributed by atoms with Gasteiger partial charge in [-0.3, -0.25) is 14.6 Å². The molecule has 1 rings (SSSR count). The standard InChI is InChI=1S/C9H11N3O2/c1-12(6-8(10)13)9(14)7-2-4-11-5-3-7/h2-5H,6H2,1H3,(H2,10,13). The van der Waals surface area contributed by atoms with Crippen LogP contribution in [0.4, 0.5) is 0 Å². The molecule has 0 saturated carbocycles. The van der Waals surface area contributed by atoms with Gasteiger partial charge in [0.25, 0.3) is 5.91 Å². The van der Waals surface area contributed by atoms with Crippen molar-refractivity contribution in [2.45, 2.75) is 0 Å². The lowest BCUT2D eigenvalue weighted by Gasteiger charge is -2.14. The molecule has 0 aromatic carbocycles. The molecule has 0 bridgehead atoms. The van der Waals surface area contributed by atoms with Crippen LogP contribution in [0, 0.1) is 0 Å². The van der Waals surface area contributed by atoms with Gasteiger partial charge in [-0.25, -0.2) is 0 Å². The van der Waals surface area contributed by atoms with Gasteiger partial charge in [-0.15, -0.1) is 0 Å². The number of hydrogen-bond donors (Lipinski definition) is 1. The second kappa shape index (κ2) is 4.36. The molecule has 1 aromatic heterocycles. The fraction of sp³-hybridized carbons (Fsp3) is 0.222. The molecule has 0 aliphatic heterocycles. The summed E-state index contributed by atoms with van der Waals surface area (Å²) in [5.74, 6) is -0.777. The lowest BCUT2D eigenvalue weighted by Crippen LogP contribution is -2.35. The maximum absolute atomic E-state index is 11.6. The molecule has 1 heterocycles. The van der Waals surface area contributed by atoms with E-state index in [2.05, 4.69) is 4.98 Å². The van der Waals surface area contributed by atoms with Gasteiger partial charge < -0.3 is 10.6 Å². The van der Waals surface area contributed by atoms with Crippen LogP contribution in [0.3, 0.4) is 0 Å². The Morgan fingerprint density at radius 3 is 2.50 bits per heavy atom. The number of aromatic nitrogens is 1. The molecule has 0 aliphatic rings. The Bertz CT molecular complexity index is 337. The van der Waals surface area contributed by atoms with Crippen LogP contribution >= 0.6 is 0 Å².